The van der Waals surface area contributed by atoms with Gasteiger partial charge in [-0.25, -0.2) is 4.68 Å². The molecule has 1 fully saturated rings. The van der Waals surface area contributed by atoms with Gasteiger partial charge in [-0.1, -0.05) is 44.6 Å². The Morgan fingerprint density at radius 3 is 2.42 bits per heavy atom. The van der Waals surface area contributed by atoms with Crippen LogP contribution in [-0.4, -0.2) is 27.9 Å². The third kappa shape index (κ3) is 6.32. The van der Waals surface area contributed by atoms with Crippen molar-refractivity contribution < 1.29 is 14.4 Å². The average molecular weight is 426 g/mol. The monoisotopic (exact) mass is 425 g/mol. The third-order valence-electron chi connectivity index (χ3n) is 5.92. The molecule has 7 heteroatoms. The van der Waals surface area contributed by atoms with Crippen LogP contribution in [0.15, 0.2) is 29.2 Å². The summed E-state index contributed by atoms with van der Waals surface area (Å²) in [5.74, 6) is -0.780. The van der Waals surface area contributed by atoms with E-state index in [2.05, 4.69) is 10.4 Å². The number of aromatic nitrogens is 2. The fourth-order valence-electron chi connectivity index (χ4n) is 4.12. The van der Waals surface area contributed by atoms with Crippen LogP contribution in [0.2, 0.25) is 0 Å². The van der Waals surface area contributed by atoms with Crippen molar-refractivity contribution in [3.63, 3.8) is 0 Å². The third-order valence-corrected chi connectivity index (χ3v) is 5.92. The Kier molecular flexibility index (Phi) is 8.50. The molecule has 1 aliphatic heterocycles. The molecule has 0 saturated carbocycles. The van der Waals surface area contributed by atoms with Gasteiger partial charge in [0.25, 0.3) is 11.5 Å². The second kappa shape index (κ2) is 11.5. The lowest BCUT2D eigenvalue weighted by Gasteiger charge is -2.21. The smallest absolute Gasteiger partial charge is 0.275 e. The molecule has 1 aliphatic rings. The number of benzene rings is 1. The Bertz CT molecular complexity index is 982. The van der Waals surface area contributed by atoms with Crippen LogP contribution in [0, 0.1) is 0 Å². The summed E-state index contributed by atoms with van der Waals surface area (Å²) in [6.07, 6.45) is 14.1. The minimum Gasteiger partial charge on any atom is -0.303 e. The Morgan fingerprint density at radius 1 is 1.00 bits per heavy atom. The van der Waals surface area contributed by atoms with E-state index in [1.54, 1.807) is 6.20 Å². The number of unbranched alkanes of at least 4 members (excludes halogenated alkanes) is 8. The van der Waals surface area contributed by atoms with Gasteiger partial charge in [-0.05, 0) is 43.4 Å². The van der Waals surface area contributed by atoms with Gasteiger partial charge in [0.1, 0.15) is 12.3 Å². The van der Waals surface area contributed by atoms with E-state index in [0.717, 1.165) is 37.4 Å². The minimum atomic E-state index is -0.737. The van der Waals surface area contributed by atoms with Crippen molar-refractivity contribution in [1.29, 1.82) is 0 Å². The molecule has 1 N–H and O–H groups in total. The van der Waals surface area contributed by atoms with Crippen molar-refractivity contribution in [3.8, 4) is 0 Å². The molecule has 0 spiro atoms. The molecule has 1 atom stereocenters. The van der Waals surface area contributed by atoms with E-state index in [1.165, 1.54) is 42.3 Å². The number of fused-ring (bicyclic) bond motifs is 1. The number of carbonyl (C=O) groups excluding carboxylic acids is 3. The van der Waals surface area contributed by atoms with Crippen molar-refractivity contribution in [2.75, 3.05) is 0 Å². The van der Waals surface area contributed by atoms with Gasteiger partial charge in [0.05, 0.1) is 11.6 Å². The SMILES string of the molecule is O=CCCCCCCCCCCc1ccc2c(=O)n(C3CCC(=O)NC3=O)ncc2c1. The van der Waals surface area contributed by atoms with Crippen molar-refractivity contribution >= 4 is 28.9 Å². The minimum absolute atomic E-state index is 0.210. The molecule has 1 saturated heterocycles. The zero-order valence-corrected chi connectivity index (χ0v) is 18.0. The van der Waals surface area contributed by atoms with Crippen molar-refractivity contribution in [3.05, 3.63) is 40.3 Å². The second-order valence-corrected chi connectivity index (χ2v) is 8.32. The normalized spacial score (nSPS) is 16.5. The van der Waals surface area contributed by atoms with E-state index in [0.29, 0.717) is 18.2 Å². The number of hydrogen-bond acceptors (Lipinski definition) is 5. The molecular weight excluding hydrogens is 394 g/mol. The van der Waals surface area contributed by atoms with Crippen LogP contribution >= 0.6 is 0 Å². The molecule has 166 valence electrons. The van der Waals surface area contributed by atoms with Crippen LogP contribution in [0.5, 0.6) is 0 Å². The summed E-state index contributed by atoms with van der Waals surface area (Å²) in [5.41, 5.74) is 0.882. The topological polar surface area (TPSA) is 98.1 Å². The number of piperidine rings is 1. The first kappa shape index (κ1) is 22.8. The van der Waals surface area contributed by atoms with Gasteiger partial charge in [-0.2, -0.15) is 5.10 Å². The highest BCUT2D eigenvalue weighted by atomic mass is 16.2. The molecule has 2 amide bonds. The molecule has 2 aromatic rings. The number of imide groups is 1. The molecule has 31 heavy (non-hydrogen) atoms. The van der Waals surface area contributed by atoms with Crippen LogP contribution in [0.3, 0.4) is 0 Å². The maximum absolute atomic E-state index is 12.8. The molecule has 1 unspecified atom stereocenters. The molecule has 3 rings (SSSR count). The number of aryl methyl sites for hydroxylation is 1. The summed E-state index contributed by atoms with van der Waals surface area (Å²) in [6, 6.07) is 5.06. The number of carbonyl (C=O) groups is 3. The lowest BCUT2D eigenvalue weighted by atomic mass is 10.0. The molecular formula is C24H31N3O4. The predicted molar refractivity (Wildman–Crippen MR) is 119 cm³/mol. The van der Waals surface area contributed by atoms with Gasteiger partial charge < -0.3 is 4.79 Å². The van der Waals surface area contributed by atoms with E-state index in [9.17, 15) is 19.2 Å². The number of rotatable bonds is 12. The lowest BCUT2D eigenvalue weighted by molar-refractivity contribution is -0.136. The number of hydrogen-bond donors (Lipinski definition) is 1. The van der Waals surface area contributed by atoms with Gasteiger partial charge in [0, 0.05) is 18.2 Å². The van der Waals surface area contributed by atoms with Crippen LogP contribution in [0.25, 0.3) is 10.8 Å². The number of aldehydes is 1. The summed E-state index contributed by atoms with van der Waals surface area (Å²) in [5, 5.41) is 7.81. The van der Waals surface area contributed by atoms with Crippen molar-refractivity contribution in [2.45, 2.75) is 83.1 Å². The Hall–Kier alpha value is -2.83. The molecule has 2 heterocycles. The largest absolute Gasteiger partial charge is 0.303 e. The second-order valence-electron chi connectivity index (χ2n) is 8.32. The summed E-state index contributed by atoms with van der Waals surface area (Å²) >= 11 is 0. The molecule has 7 nitrogen and oxygen atoms in total. The highest BCUT2D eigenvalue weighted by molar-refractivity contribution is 5.99. The zero-order valence-electron chi connectivity index (χ0n) is 18.0. The zero-order chi connectivity index (χ0) is 22.1. The van der Waals surface area contributed by atoms with E-state index in [1.807, 2.05) is 18.2 Å². The highest BCUT2D eigenvalue weighted by Crippen LogP contribution is 2.19. The van der Waals surface area contributed by atoms with Crippen LogP contribution < -0.4 is 10.9 Å². The number of amides is 2. The number of nitrogens with one attached hydrogen (secondary N) is 1. The summed E-state index contributed by atoms with van der Waals surface area (Å²) in [6.45, 7) is 0. The highest BCUT2D eigenvalue weighted by Gasteiger charge is 2.29. The lowest BCUT2D eigenvalue weighted by Crippen LogP contribution is -2.45. The average Bonchev–Trinajstić information content (AvgIpc) is 2.76. The van der Waals surface area contributed by atoms with Gasteiger partial charge in [-0.15, -0.1) is 0 Å². The summed E-state index contributed by atoms with van der Waals surface area (Å²) < 4.78 is 1.20. The van der Waals surface area contributed by atoms with E-state index >= 15 is 0 Å². The van der Waals surface area contributed by atoms with Gasteiger partial charge >= 0.3 is 0 Å². The fraction of sp³-hybridized carbons (Fsp3) is 0.542. The molecule has 0 aliphatic carbocycles. The first-order valence-electron chi connectivity index (χ1n) is 11.4. The maximum Gasteiger partial charge on any atom is 0.275 e. The quantitative estimate of drug-likeness (QED) is 0.318. The fourth-order valence-corrected chi connectivity index (χ4v) is 4.12. The molecule has 1 aromatic heterocycles. The summed E-state index contributed by atoms with van der Waals surface area (Å²) in [7, 11) is 0. The van der Waals surface area contributed by atoms with Gasteiger partial charge in [0.15, 0.2) is 0 Å². The standard InChI is InChI=1S/C24H31N3O4/c28-15-9-7-5-3-1-2-4-6-8-10-18-11-12-20-19(16-18)17-25-27(24(20)31)21-13-14-22(29)26-23(21)30/h11-12,15-17,21H,1-10,13-14H2,(H,26,29,30). The Morgan fingerprint density at radius 2 is 1.71 bits per heavy atom. The van der Waals surface area contributed by atoms with Crippen molar-refractivity contribution in [1.82, 2.24) is 15.1 Å². The van der Waals surface area contributed by atoms with Crippen LogP contribution in [0.4, 0.5) is 0 Å². The maximum atomic E-state index is 12.8. The Balaban J connectivity index is 1.49. The number of nitrogens with zero attached hydrogens (tertiary/aromatic N) is 2. The van der Waals surface area contributed by atoms with Crippen molar-refractivity contribution in [2.24, 2.45) is 0 Å². The molecule has 0 bridgehead atoms. The van der Waals surface area contributed by atoms with Gasteiger partial charge in [0.2, 0.25) is 5.91 Å². The Labute approximate surface area is 182 Å². The van der Waals surface area contributed by atoms with Gasteiger partial charge in [-0.3, -0.25) is 19.7 Å². The van der Waals surface area contributed by atoms with E-state index in [-0.39, 0.29) is 17.9 Å². The van der Waals surface area contributed by atoms with Crippen LogP contribution in [-0.2, 0) is 20.8 Å². The summed E-state index contributed by atoms with van der Waals surface area (Å²) in [4.78, 5) is 46.5. The van der Waals surface area contributed by atoms with E-state index in [4.69, 9.17) is 0 Å². The van der Waals surface area contributed by atoms with Crippen LogP contribution in [0.1, 0.15) is 82.2 Å². The molecule has 0 radical (unpaired) electrons. The molecule has 1 aromatic carbocycles. The first-order chi connectivity index (χ1) is 15.1. The van der Waals surface area contributed by atoms with E-state index < -0.39 is 11.9 Å². The first-order valence-corrected chi connectivity index (χ1v) is 11.4. The predicted octanol–water partition coefficient (Wildman–Crippen LogP) is 3.63.